The maximum Gasteiger partial charge on any atom is 0.249 e. The van der Waals surface area contributed by atoms with Crippen molar-refractivity contribution in [1.82, 2.24) is 20.1 Å². The van der Waals surface area contributed by atoms with Crippen LogP contribution in [0, 0.1) is 0 Å². The smallest absolute Gasteiger partial charge is 0.249 e. The van der Waals surface area contributed by atoms with E-state index in [2.05, 4.69) is 15.2 Å². The number of hydrogen-bond acceptors (Lipinski definition) is 6. The second-order valence-corrected chi connectivity index (χ2v) is 8.56. The van der Waals surface area contributed by atoms with Gasteiger partial charge >= 0.3 is 0 Å². The molecule has 0 saturated heterocycles. The number of oxazole rings is 1. The maximum atomic E-state index is 12.9. The molecule has 9 heteroatoms. The Morgan fingerprint density at radius 3 is 2.48 bits per heavy atom. The summed E-state index contributed by atoms with van der Waals surface area (Å²) >= 11 is 12.1. The van der Waals surface area contributed by atoms with Gasteiger partial charge in [0.25, 0.3) is 0 Å². The minimum Gasteiger partial charge on any atom is -0.441 e. The van der Waals surface area contributed by atoms with Gasteiger partial charge in [-0.15, -0.1) is 10.2 Å². The van der Waals surface area contributed by atoms with E-state index in [0.717, 1.165) is 5.56 Å². The number of nitrogens with zero attached hydrogens (tertiary/aromatic N) is 4. The van der Waals surface area contributed by atoms with Crippen molar-refractivity contribution in [3.8, 4) is 22.8 Å². The van der Waals surface area contributed by atoms with E-state index in [1.807, 2.05) is 38.1 Å². The van der Waals surface area contributed by atoms with Gasteiger partial charge in [0.15, 0.2) is 11.7 Å². The standard InChI is InChI=1S/C24H22Cl2N4O3/c1-15(2)30(14-22-28-29-24(33-22)18-5-3-4-6-19(18)26)23(31)12-11-21-27-13-20(32-21)16-7-9-17(25)10-8-16/h3-10,13,15H,11-12,14H2,1-2H3. The highest BCUT2D eigenvalue weighted by Crippen LogP contribution is 2.27. The molecule has 0 bridgehead atoms. The number of halogens is 2. The number of carbonyl (C=O) groups excluding carboxylic acids is 1. The number of aromatic nitrogens is 3. The molecule has 0 fully saturated rings. The third kappa shape index (κ3) is 5.61. The van der Waals surface area contributed by atoms with Gasteiger partial charge in [0.1, 0.15) is 0 Å². The summed E-state index contributed by atoms with van der Waals surface area (Å²) in [7, 11) is 0. The minimum absolute atomic E-state index is 0.0534. The highest BCUT2D eigenvalue weighted by Gasteiger charge is 2.22. The molecule has 0 spiro atoms. The van der Waals surface area contributed by atoms with Crippen LogP contribution in [0.15, 0.2) is 63.6 Å². The van der Waals surface area contributed by atoms with Crippen LogP contribution in [0.5, 0.6) is 0 Å². The number of aryl methyl sites for hydroxylation is 1. The highest BCUT2D eigenvalue weighted by molar-refractivity contribution is 6.33. The third-order valence-corrected chi connectivity index (χ3v) is 5.64. The van der Waals surface area contributed by atoms with E-state index in [-0.39, 0.29) is 24.9 Å². The molecule has 4 rings (SSSR count). The van der Waals surface area contributed by atoms with Crippen LogP contribution in [-0.4, -0.2) is 32.0 Å². The second kappa shape index (κ2) is 10.2. The lowest BCUT2D eigenvalue weighted by atomic mass is 10.2. The summed E-state index contributed by atoms with van der Waals surface area (Å²) in [4.78, 5) is 18.9. The fourth-order valence-corrected chi connectivity index (χ4v) is 3.64. The predicted octanol–water partition coefficient (Wildman–Crippen LogP) is 6.07. The topological polar surface area (TPSA) is 85.3 Å². The number of hydrogen-bond donors (Lipinski definition) is 0. The highest BCUT2D eigenvalue weighted by atomic mass is 35.5. The second-order valence-electron chi connectivity index (χ2n) is 7.72. The van der Waals surface area contributed by atoms with Crippen LogP contribution in [-0.2, 0) is 17.8 Å². The van der Waals surface area contributed by atoms with E-state index < -0.39 is 0 Å². The fraction of sp³-hybridized carbons (Fsp3) is 0.250. The molecule has 0 aliphatic heterocycles. The molecule has 0 atom stereocenters. The van der Waals surface area contributed by atoms with E-state index >= 15 is 0 Å². The molecule has 1 amide bonds. The molecule has 2 heterocycles. The molecule has 0 unspecified atom stereocenters. The average Bonchev–Trinajstić information content (AvgIpc) is 3.46. The van der Waals surface area contributed by atoms with Crippen LogP contribution in [0.25, 0.3) is 22.8 Å². The Labute approximate surface area is 201 Å². The summed E-state index contributed by atoms with van der Waals surface area (Å²) in [6.45, 7) is 4.08. The Morgan fingerprint density at radius 1 is 1.00 bits per heavy atom. The van der Waals surface area contributed by atoms with Gasteiger partial charge in [0, 0.05) is 29.5 Å². The zero-order chi connectivity index (χ0) is 23.4. The molecule has 0 saturated carbocycles. The molecule has 0 aliphatic rings. The monoisotopic (exact) mass is 484 g/mol. The Balaban J connectivity index is 1.39. The van der Waals surface area contributed by atoms with Crippen LogP contribution in [0.2, 0.25) is 10.0 Å². The molecule has 0 N–H and O–H groups in total. The van der Waals surface area contributed by atoms with E-state index in [0.29, 0.717) is 45.5 Å². The van der Waals surface area contributed by atoms with Crippen molar-refractivity contribution in [2.75, 3.05) is 0 Å². The summed E-state index contributed by atoms with van der Waals surface area (Å²) in [5.41, 5.74) is 1.53. The van der Waals surface area contributed by atoms with Gasteiger partial charge in [-0.1, -0.05) is 35.3 Å². The quantitative estimate of drug-likeness (QED) is 0.301. The molecule has 7 nitrogen and oxygen atoms in total. The first-order valence-electron chi connectivity index (χ1n) is 10.5. The van der Waals surface area contributed by atoms with Gasteiger partial charge < -0.3 is 13.7 Å². The van der Waals surface area contributed by atoms with Crippen molar-refractivity contribution < 1.29 is 13.6 Å². The van der Waals surface area contributed by atoms with Crippen LogP contribution < -0.4 is 0 Å². The number of rotatable bonds is 8. The number of amides is 1. The predicted molar refractivity (Wildman–Crippen MR) is 126 cm³/mol. The Kier molecular flexibility index (Phi) is 7.11. The first-order chi connectivity index (χ1) is 15.9. The lowest BCUT2D eigenvalue weighted by Crippen LogP contribution is -2.36. The summed E-state index contributed by atoms with van der Waals surface area (Å²) in [6.07, 6.45) is 2.27. The van der Waals surface area contributed by atoms with Gasteiger partial charge in [-0.2, -0.15) is 0 Å². The van der Waals surface area contributed by atoms with Crippen LogP contribution in [0.4, 0.5) is 0 Å². The maximum absolute atomic E-state index is 12.9. The summed E-state index contributed by atoms with van der Waals surface area (Å²) in [5.74, 6) is 1.73. The van der Waals surface area contributed by atoms with E-state index in [1.54, 1.807) is 35.4 Å². The largest absolute Gasteiger partial charge is 0.441 e. The Hall–Kier alpha value is -3.16. The molecule has 0 aliphatic carbocycles. The first-order valence-corrected chi connectivity index (χ1v) is 11.2. The number of benzene rings is 2. The van der Waals surface area contributed by atoms with E-state index in [9.17, 15) is 4.79 Å². The normalized spacial score (nSPS) is 11.2. The molecule has 170 valence electrons. The molecule has 2 aromatic carbocycles. The van der Waals surface area contributed by atoms with Crippen LogP contribution in [0.3, 0.4) is 0 Å². The van der Waals surface area contributed by atoms with Crippen molar-refractivity contribution in [3.05, 3.63) is 76.6 Å². The van der Waals surface area contributed by atoms with Gasteiger partial charge in [-0.05, 0) is 50.2 Å². The van der Waals surface area contributed by atoms with Crippen molar-refractivity contribution in [1.29, 1.82) is 0 Å². The van der Waals surface area contributed by atoms with Crippen molar-refractivity contribution >= 4 is 29.1 Å². The Morgan fingerprint density at radius 2 is 1.76 bits per heavy atom. The van der Waals surface area contributed by atoms with E-state index in [4.69, 9.17) is 32.0 Å². The lowest BCUT2D eigenvalue weighted by molar-refractivity contribution is -0.134. The molecule has 33 heavy (non-hydrogen) atoms. The van der Waals surface area contributed by atoms with Crippen molar-refractivity contribution in [2.45, 2.75) is 39.3 Å². The summed E-state index contributed by atoms with van der Waals surface area (Å²) in [5, 5.41) is 9.34. The van der Waals surface area contributed by atoms with Crippen LogP contribution >= 0.6 is 23.2 Å². The molecular formula is C24H22Cl2N4O3. The molecular weight excluding hydrogens is 463 g/mol. The SMILES string of the molecule is CC(C)N(Cc1nnc(-c2ccccc2Cl)o1)C(=O)CCc1ncc(-c2ccc(Cl)cc2)o1. The molecule has 4 aromatic rings. The minimum atomic E-state index is -0.0614. The van der Waals surface area contributed by atoms with Gasteiger partial charge in [-0.3, -0.25) is 4.79 Å². The number of carbonyl (C=O) groups is 1. The third-order valence-electron chi connectivity index (χ3n) is 5.06. The Bertz CT molecular complexity index is 1230. The van der Waals surface area contributed by atoms with E-state index in [1.165, 1.54) is 0 Å². The summed E-state index contributed by atoms with van der Waals surface area (Å²) < 4.78 is 11.6. The van der Waals surface area contributed by atoms with Gasteiger partial charge in [0.05, 0.1) is 23.3 Å². The average molecular weight is 485 g/mol. The fourth-order valence-electron chi connectivity index (χ4n) is 3.30. The molecule has 2 aromatic heterocycles. The first kappa shape index (κ1) is 23.0. The van der Waals surface area contributed by atoms with Crippen LogP contribution in [0.1, 0.15) is 32.0 Å². The van der Waals surface area contributed by atoms with Crippen molar-refractivity contribution in [3.63, 3.8) is 0 Å². The van der Waals surface area contributed by atoms with Gasteiger partial charge in [-0.25, -0.2) is 4.98 Å². The van der Waals surface area contributed by atoms with Gasteiger partial charge in [0.2, 0.25) is 17.7 Å². The van der Waals surface area contributed by atoms with Crippen molar-refractivity contribution in [2.24, 2.45) is 0 Å². The zero-order valence-electron chi connectivity index (χ0n) is 18.2. The zero-order valence-corrected chi connectivity index (χ0v) is 19.7. The molecule has 0 radical (unpaired) electrons. The lowest BCUT2D eigenvalue weighted by Gasteiger charge is -2.25. The summed E-state index contributed by atoms with van der Waals surface area (Å²) in [6, 6.07) is 14.5.